The lowest BCUT2D eigenvalue weighted by atomic mass is 10.2. The van der Waals surface area contributed by atoms with Gasteiger partial charge in [-0.25, -0.2) is 10.2 Å². The van der Waals surface area contributed by atoms with Crippen molar-refractivity contribution in [3.8, 4) is 17.2 Å². The molecule has 0 radical (unpaired) electrons. The van der Waals surface area contributed by atoms with Crippen LogP contribution in [-0.2, 0) is 4.79 Å². The molecule has 2 aromatic carbocycles. The number of rotatable bonds is 6. The van der Waals surface area contributed by atoms with Crippen LogP contribution >= 0.6 is 0 Å². The van der Waals surface area contributed by atoms with Crippen LogP contribution in [0.4, 0.5) is 0 Å². The van der Waals surface area contributed by atoms with Crippen molar-refractivity contribution in [3.63, 3.8) is 0 Å². The van der Waals surface area contributed by atoms with Gasteiger partial charge in [0.2, 0.25) is 6.79 Å². The highest BCUT2D eigenvalue weighted by molar-refractivity contribution is 5.95. The fraction of sp³-hybridized carbons (Fsp3) is 0.118. The first-order valence-corrected chi connectivity index (χ1v) is 7.30. The number of carboxylic acids is 1. The number of nitrogens with zero attached hydrogens (tertiary/aromatic N) is 1. The third-order valence-corrected chi connectivity index (χ3v) is 3.27. The number of aliphatic carboxylic acids is 1. The number of hydrogen-bond donors (Lipinski definition) is 2. The average molecular weight is 342 g/mol. The molecule has 0 saturated heterocycles. The maximum Gasteiger partial charge on any atom is 0.341 e. The van der Waals surface area contributed by atoms with Gasteiger partial charge in [-0.15, -0.1) is 0 Å². The molecule has 0 aromatic heterocycles. The van der Waals surface area contributed by atoms with Crippen LogP contribution in [0.2, 0.25) is 0 Å². The molecule has 3 rings (SSSR count). The summed E-state index contributed by atoms with van der Waals surface area (Å²) in [5, 5.41) is 12.5. The number of fused-ring (bicyclic) bond motifs is 1. The van der Waals surface area contributed by atoms with E-state index in [-0.39, 0.29) is 6.79 Å². The SMILES string of the molecule is O=C(O)COc1ccccc1/C=N\NC(=O)c1ccc2c(c1)OCO2. The predicted molar refractivity (Wildman–Crippen MR) is 87.2 cm³/mol. The molecular formula is C17H14N2O6. The summed E-state index contributed by atoms with van der Waals surface area (Å²) >= 11 is 0. The summed E-state index contributed by atoms with van der Waals surface area (Å²) in [7, 11) is 0. The van der Waals surface area contributed by atoms with Crippen molar-refractivity contribution >= 4 is 18.1 Å². The number of carbonyl (C=O) groups excluding carboxylic acids is 1. The summed E-state index contributed by atoms with van der Waals surface area (Å²) in [5.74, 6) is -0.0547. The van der Waals surface area contributed by atoms with Crippen molar-refractivity contribution < 1.29 is 28.9 Å². The number of amides is 1. The quantitative estimate of drug-likeness (QED) is 0.611. The van der Waals surface area contributed by atoms with E-state index < -0.39 is 18.5 Å². The Morgan fingerprint density at radius 2 is 2.00 bits per heavy atom. The summed E-state index contributed by atoms with van der Waals surface area (Å²) in [4.78, 5) is 22.7. The average Bonchev–Trinajstić information content (AvgIpc) is 3.08. The molecule has 2 aromatic rings. The smallest absolute Gasteiger partial charge is 0.341 e. The Balaban J connectivity index is 1.65. The largest absolute Gasteiger partial charge is 0.481 e. The van der Waals surface area contributed by atoms with Gasteiger partial charge in [0, 0.05) is 11.1 Å². The minimum absolute atomic E-state index is 0.131. The van der Waals surface area contributed by atoms with Crippen molar-refractivity contribution in [2.45, 2.75) is 0 Å². The van der Waals surface area contributed by atoms with Crippen LogP contribution in [0, 0.1) is 0 Å². The monoisotopic (exact) mass is 342 g/mol. The lowest BCUT2D eigenvalue weighted by Gasteiger charge is -2.06. The molecule has 8 heteroatoms. The zero-order valence-electron chi connectivity index (χ0n) is 13.0. The van der Waals surface area contributed by atoms with Crippen molar-refractivity contribution in [1.82, 2.24) is 5.43 Å². The lowest BCUT2D eigenvalue weighted by molar-refractivity contribution is -0.139. The van der Waals surface area contributed by atoms with E-state index in [9.17, 15) is 9.59 Å². The normalized spacial score (nSPS) is 12.2. The van der Waals surface area contributed by atoms with E-state index in [1.165, 1.54) is 6.21 Å². The molecule has 0 bridgehead atoms. The number of benzene rings is 2. The molecule has 1 heterocycles. The first kappa shape index (κ1) is 16.3. The number of hydrogen-bond acceptors (Lipinski definition) is 6. The van der Waals surface area contributed by atoms with E-state index in [1.807, 2.05) is 0 Å². The van der Waals surface area contributed by atoms with E-state index >= 15 is 0 Å². The van der Waals surface area contributed by atoms with E-state index in [2.05, 4.69) is 10.5 Å². The molecule has 1 aliphatic rings. The molecular weight excluding hydrogens is 328 g/mol. The van der Waals surface area contributed by atoms with Crippen LogP contribution in [0.1, 0.15) is 15.9 Å². The first-order chi connectivity index (χ1) is 12.1. The Hall–Kier alpha value is -3.55. The topological polar surface area (TPSA) is 106 Å². The summed E-state index contributed by atoms with van der Waals surface area (Å²) in [6, 6.07) is 11.6. The Morgan fingerprint density at radius 3 is 2.84 bits per heavy atom. The van der Waals surface area contributed by atoms with Gasteiger partial charge in [-0.1, -0.05) is 12.1 Å². The van der Waals surface area contributed by atoms with E-state index in [0.717, 1.165) is 0 Å². The van der Waals surface area contributed by atoms with Crippen molar-refractivity contribution in [2.75, 3.05) is 13.4 Å². The number of carbonyl (C=O) groups is 2. The standard InChI is InChI=1S/C17H14N2O6/c20-16(21)9-23-13-4-2-1-3-12(13)8-18-19-17(22)11-5-6-14-15(7-11)25-10-24-14/h1-8H,9-10H2,(H,19,22)(H,20,21)/b18-8-. The van der Waals surface area contributed by atoms with Crippen LogP contribution in [0.5, 0.6) is 17.2 Å². The second-order valence-electron chi connectivity index (χ2n) is 4.99. The molecule has 1 amide bonds. The Morgan fingerprint density at radius 1 is 1.20 bits per heavy atom. The minimum Gasteiger partial charge on any atom is -0.481 e. The van der Waals surface area contributed by atoms with Crippen LogP contribution in [0.15, 0.2) is 47.6 Å². The molecule has 0 atom stereocenters. The summed E-state index contributed by atoms with van der Waals surface area (Å²) < 4.78 is 15.6. The van der Waals surface area contributed by atoms with Crippen LogP contribution in [0.25, 0.3) is 0 Å². The Bertz CT molecular complexity index is 834. The second-order valence-corrected chi connectivity index (χ2v) is 4.99. The van der Waals surface area contributed by atoms with Gasteiger partial charge in [0.25, 0.3) is 5.91 Å². The van der Waals surface area contributed by atoms with Gasteiger partial charge >= 0.3 is 5.97 Å². The van der Waals surface area contributed by atoms with E-state index in [1.54, 1.807) is 42.5 Å². The highest BCUT2D eigenvalue weighted by Crippen LogP contribution is 2.32. The van der Waals surface area contributed by atoms with Gasteiger partial charge in [0.1, 0.15) is 5.75 Å². The number of hydrazone groups is 1. The van der Waals surface area contributed by atoms with Gasteiger partial charge in [0.15, 0.2) is 18.1 Å². The molecule has 128 valence electrons. The zero-order chi connectivity index (χ0) is 17.6. The molecule has 1 aliphatic heterocycles. The summed E-state index contributed by atoms with van der Waals surface area (Å²) in [6.45, 7) is -0.333. The highest BCUT2D eigenvalue weighted by atomic mass is 16.7. The predicted octanol–water partition coefficient (Wildman–Crippen LogP) is 1.64. The minimum atomic E-state index is -1.08. The molecule has 2 N–H and O–H groups in total. The van der Waals surface area contributed by atoms with Crippen LogP contribution in [0.3, 0.4) is 0 Å². The third kappa shape index (κ3) is 4.05. The van der Waals surface area contributed by atoms with Crippen molar-refractivity contribution in [1.29, 1.82) is 0 Å². The van der Waals surface area contributed by atoms with Crippen LogP contribution in [-0.4, -0.2) is 36.6 Å². The number of carboxylic acid groups (broad SMARTS) is 1. The van der Waals surface area contributed by atoms with Crippen molar-refractivity contribution in [3.05, 3.63) is 53.6 Å². The maximum atomic E-state index is 12.1. The Kier molecular flexibility index (Phi) is 4.79. The summed E-state index contributed by atoms with van der Waals surface area (Å²) in [5.41, 5.74) is 3.30. The molecule has 0 unspecified atom stereocenters. The molecule has 0 spiro atoms. The number of para-hydroxylation sites is 1. The van der Waals surface area contributed by atoms with Gasteiger partial charge in [-0.2, -0.15) is 5.10 Å². The Labute approximate surface area is 142 Å². The van der Waals surface area contributed by atoms with E-state index in [4.69, 9.17) is 19.3 Å². The molecule has 8 nitrogen and oxygen atoms in total. The van der Waals surface area contributed by atoms with Crippen molar-refractivity contribution in [2.24, 2.45) is 5.10 Å². The first-order valence-electron chi connectivity index (χ1n) is 7.30. The zero-order valence-corrected chi connectivity index (χ0v) is 13.0. The molecule has 0 aliphatic carbocycles. The highest BCUT2D eigenvalue weighted by Gasteiger charge is 2.15. The third-order valence-electron chi connectivity index (χ3n) is 3.27. The van der Waals surface area contributed by atoms with Gasteiger partial charge in [0.05, 0.1) is 6.21 Å². The van der Waals surface area contributed by atoms with Crippen LogP contribution < -0.4 is 19.6 Å². The molecule has 0 saturated carbocycles. The van der Waals surface area contributed by atoms with Gasteiger partial charge in [-0.05, 0) is 30.3 Å². The summed E-state index contributed by atoms with van der Waals surface area (Å²) in [6.07, 6.45) is 1.38. The number of nitrogens with one attached hydrogen (secondary N) is 1. The second kappa shape index (κ2) is 7.35. The van der Waals surface area contributed by atoms with Gasteiger partial charge in [-0.3, -0.25) is 4.79 Å². The maximum absolute atomic E-state index is 12.1. The lowest BCUT2D eigenvalue weighted by Crippen LogP contribution is -2.17. The van der Waals surface area contributed by atoms with Gasteiger partial charge < -0.3 is 19.3 Å². The molecule has 0 fully saturated rings. The number of ether oxygens (including phenoxy) is 3. The fourth-order valence-corrected chi connectivity index (χ4v) is 2.12. The fourth-order valence-electron chi connectivity index (χ4n) is 2.12. The molecule has 25 heavy (non-hydrogen) atoms. The van der Waals surface area contributed by atoms with E-state index in [0.29, 0.717) is 28.4 Å².